The maximum atomic E-state index is 12.2. The predicted octanol–water partition coefficient (Wildman–Crippen LogP) is 4.61. The van der Waals surface area contributed by atoms with Gasteiger partial charge in [-0.05, 0) is 30.3 Å². The van der Waals surface area contributed by atoms with Crippen molar-refractivity contribution < 1.29 is 9.53 Å². The van der Waals surface area contributed by atoms with E-state index in [4.69, 9.17) is 4.74 Å². The number of rotatable bonds is 4. The summed E-state index contributed by atoms with van der Waals surface area (Å²) in [6.45, 7) is 0.426. The summed E-state index contributed by atoms with van der Waals surface area (Å²) in [5, 5.41) is 2.91. The Balaban J connectivity index is 2.26. The molecule has 0 aromatic heterocycles. The Bertz CT molecular complexity index is 629. The van der Waals surface area contributed by atoms with E-state index in [0.29, 0.717) is 12.2 Å². The molecular formula is C15H13Br2NO2. The van der Waals surface area contributed by atoms with E-state index in [9.17, 15) is 4.79 Å². The number of nitrogens with one attached hydrogen (secondary N) is 1. The smallest absolute Gasteiger partial charge is 0.255 e. The quantitative estimate of drug-likeness (QED) is 0.816. The van der Waals surface area contributed by atoms with Crippen LogP contribution in [0.15, 0.2) is 51.4 Å². The molecule has 0 aliphatic rings. The van der Waals surface area contributed by atoms with Crippen LogP contribution in [0.25, 0.3) is 0 Å². The average molecular weight is 399 g/mol. The van der Waals surface area contributed by atoms with Crippen LogP contribution in [0, 0.1) is 0 Å². The van der Waals surface area contributed by atoms with Gasteiger partial charge in [0.25, 0.3) is 5.91 Å². The van der Waals surface area contributed by atoms with Gasteiger partial charge in [-0.1, -0.05) is 44.0 Å². The zero-order chi connectivity index (χ0) is 14.5. The van der Waals surface area contributed by atoms with E-state index < -0.39 is 0 Å². The fraction of sp³-hybridized carbons (Fsp3) is 0.133. The van der Waals surface area contributed by atoms with Crippen molar-refractivity contribution in [2.24, 2.45) is 0 Å². The van der Waals surface area contributed by atoms with Gasteiger partial charge >= 0.3 is 0 Å². The lowest BCUT2D eigenvalue weighted by molar-refractivity contribution is 0.102. The molecule has 20 heavy (non-hydrogen) atoms. The first-order valence-corrected chi connectivity index (χ1v) is 7.53. The number of carbonyl (C=O) groups excluding carboxylic acids is 1. The fourth-order valence-corrected chi connectivity index (χ4v) is 2.67. The Morgan fingerprint density at radius 3 is 2.65 bits per heavy atom. The second kappa shape index (κ2) is 7.02. The molecule has 104 valence electrons. The molecule has 2 aromatic carbocycles. The standard InChI is InChI=1S/C15H13Br2NO2/c1-20-9-12-13(17)6-3-7-14(12)18-15(19)10-4-2-5-11(16)8-10/h2-8H,9H2,1H3,(H,18,19). The van der Waals surface area contributed by atoms with Crippen LogP contribution in [0.2, 0.25) is 0 Å². The van der Waals surface area contributed by atoms with Gasteiger partial charge in [0.2, 0.25) is 0 Å². The zero-order valence-electron chi connectivity index (χ0n) is 10.8. The van der Waals surface area contributed by atoms with Crippen molar-refractivity contribution >= 4 is 43.5 Å². The van der Waals surface area contributed by atoms with Crippen LogP contribution in [0.5, 0.6) is 0 Å². The van der Waals surface area contributed by atoms with E-state index in [1.807, 2.05) is 30.3 Å². The summed E-state index contributed by atoms with van der Waals surface area (Å²) in [6.07, 6.45) is 0. The minimum Gasteiger partial charge on any atom is -0.380 e. The lowest BCUT2D eigenvalue weighted by atomic mass is 10.1. The van der Waals surface area contributed by atoms with Crippen molar-refractivity contribution in [3.8, 4) is 0 Å². The topological polar surface area (TPSA) is 38.3 Å². The van der Waals surface area contributed by atoms with Crippen molar-refractivity contribution in [3.05, 3.63) is 62.5 Å². The third-order valence-corrected chi connectivity index (χ3v) is 3.98. The molecule has 1 amide bonds. The first-order valence-electron chi connectivity index (χ1n) is 5.95. The Labute approximate surface area is 134 Å². The number of amides is 1. The molecule has 0 heterocycles. The molecule has 0 saturated heterocycles. The minimum atomic E-state index is -0.151. The Hall–Kier alpha value is -1.17. The molecule has 0 saturated carbocycles. The number of hydrogen-bond donors (Lipinski definition) is 1. The van der Waals surface area contributed by atoms with E-state index in [1.165, 1.54) is 0 Å². The molecule has 0 spiro atoms. The van der Waals surface area contributed by atoms with Crippen molar-refractivity contribution in [1.29, 1.82) is 0 Å². The predicted molar refractivity (Wildman–Crippen MR) is 87.0 cm³/mol. The first-order chi connectivity index (χ1) is 9.61. The van der Waals surface area contributed by atoms with Crippen LogP contribution in [0.3, 0.4) is 0 Å². The summed E-state index contributed by atoms with van der Waals surface area (Å²) in [5.41, 5.74) is 2.26. The number of halogens is 2. The van der Waals surface area contributed by atoms with Gasteiger partial charge in [0.1, 0.15) is 0 Å². The normalized spacial score (nSPS) is 10.3. The summed E-state index contributed by atoms with van der Waals surface area (Å²) in [4.78, 5) is 12.2. The van der Waals surface area contributed by atoms with Gasteiger partial charge in [0.05, 0.1) is 6.61 Å². The van der Waals surface area contributed by atoms with Gasteiger partial charge in [0.15, 0.2) is 0 Å². The second-order valence-corrected chi connectivity index (χ2v) is 5.93. The van der Waals surface area contributed by atoms with Gasteiger partial charge in [0, 0.05) is 32.9 Å². The zero-order valence-corrected chi connectivity index (χ0v) is 14.0. The van der Waals surface area contributed by atoms with Gasteiger partial charge in [-0.15, -0.1) is 0 Å². The van der Waals surface area contributed by atoms with E-state index >= 15 is 0 Å². The van der Waals surface area contributed by atoms with Gasteiger partial charge < -0.3 is 10.1 Å². The van der Waals surface area contributed by atoms with Gasteiger partial charge in [-0.2, -0.15) is 0 Å². The summed E-state index contributed by atoms with van der Waals surface area (Å²) in [7, 11) is 1.62. The maximum absolute atomic E-state index is 12.2. The molecule has 0 bridgehead atoms. The Morgan fingerprint density at radius 2 is 1.95 bits per heavy atom. The molecular weight excluding hydrogens is 386 g/mol. The van der Waals surface area contributed by atoms with Crippen molar-refractivity contribution in [3.63, 3.8) is 0 Å². The lowest BCUT2D eigenvalue weighted by Crippen LogP contribution is -2.13. The van der Waals surface area contributed by atoms with E-state index in [0.717, 1.165) is 20.2 Å². The molecule has 3 nitrogen and oxygen atoms in total. The molecule has 0 radical (unpaired) electrons. The summed E-state index contributed by atoms with van der Waals surface area (Å²) in [5.74, 6) is -0.151. The third kappa shape index (κ3) is 3.69. The first kappa shape index (κ1) is 15.2. The number of anilines is 1. The SMILES string of the molecule is COCc1c(Br)cccc1NC(=O)c1cccc(Br)c1. The minimum absolute atomic E-state index is 0.151. The highest BCUT2D eigenvalue weighted by molar-refractivity contribution is 9.10. The molecule has 0 unspecified atom stereocenters. The number of ether oxygens (including phenoxy) is 1. The van der Waals surface area contributed by atoms with Crippen LogP contribution in [-0.2, 0) is 11.3 Å². The lowest BCUT2D eigenvalue weighted by Gasteiger charge is -2.12. The molecule has 0 fully saturated rings. The van der Waals surface area contributed by atoms with Crippen LogP contribution < -0.4 is 5.32 Å². The molecule has 0 aliphatic heterocycles. The second-order valence-electron chi connectivity index (χ2n) is 4.16. The molecule has 0 aliphatic carbocycles. The number of carbonyl (C=O) groups is 1. The largest absolute Gasteiger partial charge is 0.380 e. The van der Waals surface area contributed by atoms with Crippen LogP contribution in [0.1, 0.15) is 15.9 Å². The maximum Gasteiger partial charge on any atom is 0.255 e. The van der Waals surface area contributed by atoms with E-state index in [2.05, 4.69) is 37.2 Å². The van der Waals surface area contributed by atoms with Crippen molar-refractivity contribution in [2.75, 3.05) is 12.4 Å². The van der Waals surface area contributed by atoms with E-state index in [-0.39, 0.29) is 5.91 Å². The highest BCUT2D eigenvalue weighted by atomic mass is 79.9. The fourth-order valence-electron chi connectivity index (χ4n) is 1.79. The average Bonchev–Trinajstić information content (AvgIpc) is 2.42. The molecule has 1 N–H and O–H groups in total. The summed E-state index contributed by atoms with van der Waals surface area (Å²) >= 11 is 6.83. The van der Waals surface area contributed by atoms with E-state index in [1.54, 1.807) is 19.2 Å². The highest BCUT2D eigenvalue weighted by Crippen LogP contribution is 2.26. The van der Waals surface area contributed by atoms with Gasteiger partial charge in [-0.25, -0.2) is 0 Å². The molecule has 2 aromatic rings. The molecule has 2 rings (SSSR count). The monoisotopic (exact) mass is 397 g/mol. The van der Waals surface area contributed by atoms with Crippen molar-refractivity contribution in [2.45, 2.75) is 6.61 Å². The van der Waals surface area contributed by atoms with Crippen LogP contribution in [0.4, 0.5) is 5.69 Å². The van der Waals surface area contributed by atoms with Crippen molar-refractivity contribution in [1.82, 2.24) is 0 Å². The third-order valence-electron chi connectivity index (χ3n) is 2.74. The molecule has 5 heteroatoms. The van der Waals surface area contributed by atoms with Crippen LogP contribution >= 0.6 is 31.9 Å². The Morgan fingerprint density at radius 1 is 1.20 bits per heavy atom. The molecule has 0 atom stereocenters. The summed E-state index contributed by atoms with van der Waals surface area (Å²) < 4.78 is 6.95. The summed E-state index contributed by atoms with van der Waals surface area (Å²) in [6, 6.07) is 12.9. The number of hydrogen-bond acceptors (Lipinski definition) is 2. The number of methoxy groups -OCH3 is 1. The van der Waals surface area contributed by atoms with Gasteiger partial charge in [-0.3, -0.25) is 4.79 Å². The Kier molecular flexibility index (Phi) is 5.34. The van der Waals surface area contributed by atoms with Crippen LogP contribution in [-0.4, -0.2) is 13.0 Å². The number of benzene rings is 2. The highest BCUT2D eigenvalue weighted by Gasteiger charge is 2.11.